The van der Waals surface area contributed by atoms with Crippen LogP contribution in [0, 0.1) is 0 Å². The largest absolute Gasteiger partial charge is 0.478 e. The normalized spacial score (nSPS) is 12.8. The second-order valence-electron chi connectivity index (χ2n) is 2.14. The number of H-pyrrole nitrogens is 1. The van der Waals surface area contributed by atoms with E-state index < -0.39 is 17.2 Å². The van der Waals surface area contributed by atoms with Gasteiger partial charge in [-0.1, -0.05) is 0 Å². The summed E-state index contributed by atoms with van der Waals surface area (Å²) in [5.74, 6) is -1.60. The first-order chi connectivity index (χ1) is 6.02. The summed E-state index contributed by atoms with van der Waals surface area (Å²) in [6, 6.07) is 0. The summed E-state index contributed by atoms with van der Waals surface area (Å²) < 4.78 is 13.6. The van der Waals surface area contributed by atoms with Gasteiger partial charge < -0.3 is 5.11 Å². The lowest BCUT2D eigenvalue weighted by Gasteiger charge is -1.99. The average Bonchev–Trinajstić information content (AvgIpc) is 2.36. The molecule has 1 rings (SSSR count). The fourth-order valence-electron chi connectivity index (χ4n) is 0.581. The molecular formula is C5H6FN3O3S. The number of carboxylic acid groups (broad SMARTS) is 1. The van der Waals surface area contributed by atoms with Crippen LogP contribution < -0.4 is 5.69 Å². The van der Waals surface area contributed by atoms with Crippen LogP contribution in [0.2, 0.25) is 0 Å². The number of aromatic nitrogens is 3. The zero-order chi connectivity index (χ0) is 10.0. The Morgan fingerprint density at radius 2 is 2.46 bits per heavy atom. The first-order valence-corrected chi connectivity index (χ1v) is 4.05. The van der Waals surface area contributed by atoms with Gasteiger partial charge in [0.25, 0.3) is 0 Å². The summed E-state index contributed by atoms with van der Waals surface area (Å²) >= 11 is 0.354. The van der Waals surface area contributed by atoms with Crippen LogP contribution >= 0.6 is 11.8 Å². The van der Waals surface area contributed by atoms with Crippen molar-refractivity contribution in [3.63, 3.8) is 0 Å². The van der Waals surface area contributed by atoms with Crippen molar-refractivity contribution < 1.29 is 14.3 Å². The summed E-state index contributed by atoms with van der Waals surface area (Å²) in [4.78, 5) is 20.9. The molecule has 0 spiro atoms. The van der Waals surface area contributed by atoms with E-state index in [4.69, 9.17) is 5.11 Å². The maximum atomic E-state index is 12.6. The molecule has 0 amide bonds. The number of alkyl halides is 1. The number of carbonyl (C=O) groups is 1. The lowest BCUT2D eigenvalue weighted by molar-refractivity contribution is -0.139. The van der Waals surface area contributed by atoms with Gasteiger partial charge in [-0.05, 0) is 11.8 Å². The number of carboxylic acids is 1. The summed E-state index contributed by atoms with van der Waals surface area (Å²) in [6.45, 7) is 0. The summed E-state index contributed by atoms with van der Waals surface area (Å²) in [5, 5.41) is 13.7. The van der Waals surface area contributed by atoms with Crippen molar-refractivity contribution in [3.8, 4) is 0 Å². The number of thioether (sulfide) groups is 1. The molecule has 8 heteroatoms. The van der Waals surface area contributed by atoms with Crippen LogP contribution in [-0.2, 0) is 11.8 Å². The van der Waals surface area contributed by atoms with Crippen molar-refractivity contribution in [3.05, 3.63) is 10.5 Å². The van der Waals surface area contributed by atoms with Gasteiger partial charge in [-0.3, -0.25) is 4.57 Å². The molecule has 0 bridgehead atoms. The van der Waals surface area contributed by atoms with E-state index in [-0.39, 0.29) is 5.16 Å². The van der Waals surface area contributed by atoms with Gasteiger partial charge in [-0.2, -0.15) is 0 Å². The van der Waals surface area contributed by atoms with Crippen molar-refractivity contribution in [1.29, 1.82) is 0 Å². The number of aromatic amines is 1. The van der Waals surface area contributed by atoms with Crippen molar-refractivity contribution in [2.75, 3.05) is 0 Å². The van der Waals surface area contributed by atoms with E-state index in [1.165, 1.54) is 7.05 Å². The fraction of sp³-hybridized carbons (Fsp3) is 0.400. The molecule has 0 aliphatic rings. The van der Waals surface area contributed by atoms with Gasteiger partial charge in [0.1, 0.15) is 0 Å². The molecule has 0 radical (unpaired) electrons. The van der Waals surface area contributed by atoms with Gasteiger partial charge in [0, 0.05) is 7.05 Å². The number of nitrogens with one attached hydrogen (secondary N) is 1. The highest BCUT2D eigenvalue weighted by Gasteiger charge is 2.20. The standard InChI is InChI=1S/C5H6FN3O3S/c1-9-4(12)7-8-5(9)13-2(6)3(10)11/h2H,1H3,(H,7,12)(H,10,11). The molecule has 0 aliphatic carbocycles. The van der Waals surface area contributed by atoms with E-state index in [0.717, 1.165) is 4.57 Å². The molecule has 1 aromatic rings. The van der Waals surface area contributed by atoms with Crippen LogP contribution in [0.4, 0.5) is 4.39 Å². The highest BCUT2D eigenvalue weighted by Crippen LogP contribution is 2.20. The SMILES string of the molecule is Cn1c(SC(F)C(=O)O)n[nH]c1=O. The van der Waals surface area contributed by atoms with E-state index in [2.05, 4.69) is 10.2 Å². The summed E-state index contributed by atoms with van der Waals surface area (Å²) in [5.41, 5.74) is -2.63. The topological polar surface area (TPSA) is 88.0 Å². The monoisotopic (exact) mass is 207 g/mol. The van der Waals surface area contributed by atoms with Crippen molar-refractivity contribution in [2.45, 2.75) is 10.7 Å². The number of rotatable bonds is 3. The Hall–Kier alpha value is -1.31. The number of hydrogen-bond acceptors (Lipinski definition) is 4. The minimum Gasteiger partial charge on any atom is -0.478 e. The summed E-state index contributed by atoms with van der Waals surface area (Å²) in [7, 11) is 1.36. The lowest BCUT2D eigenvalue weighted by atomic mass is 10.8. The Bertz CT molecular complexity index is 373. The number of aliphatic carboxylic acids is 1. The highest BCUT2D eigenvalue weighted by molar-refractivity contribution is 8.00. The molecule has 0 fully saturated rings. The molecule has 2 N–H and O–H groups in total. The third kappa shape index (κ3) is 2.08. The van der Waals surface area contributed by atoms with E-state index >= 15 is 0 Å². The third-order valence-corrected chi connectivity index (χ3v) is 2.23. The molecule has 0 aromatic carbocycles. The zero-order valence-corrected chi connectivity index (χ0v) is 7.34. The Kier molecular flexibility index (Phi) is 2.71. The molecule has 13 heavy (non-hydrogen) atoms. The van der Waals surface area contributed by atoms with Crippen LogP contribution in [0.15, 0.2) is 9.95 Å². The average molecular weight is 207 g/mol. The molecule has 1 aromatic heterocycles. The molecule has 0 saturated heterocycles. The van der Waals surface area contributed by atoms with E-state index in [1.807, 2.05) is 0 Å². The lowest BCUT2D eigenvalue weighted by Crippen LogP contribution is -2.15. The van der Waals surface area contributed by atoms with Crippen molar-refractivity contribution >= 4 is 17.7 Å². The maximum Gasteiger partial charge on any atom is 0.349 e. The second kappa shape index (κ2) is 3.60. The number of nitrogens with zero attached hydrogens (tertiary/aromatic N) is 2. The Labute approximate surface area is 75.8 Å². The highest BCUT2D eigenvalue weighted by atomic mass is 32.2. The Morgan fingerprint density at radius 1 is 1.85 bits per heavy atom. The summed E-state index contributed by atoms with van der Waals surface area (Å²) in [6.07, 6.45) is 0. The van der Waals surface area contributed by atoms with Gasteiger partial charge in [0.2, 0.25) is 5.50 Å². The van der Waals surface area contributed by atoms with E-state index in [9.17, 15) is 14.0 Å². The predicted molar refractivity (Wildman–Crippen MR) is 42.2 cm³/mol. The van der Waals surface area contributed by atoms with Gasteiger partial charge in [0.15, 0.2) is 5.16 Å². The Balaban J connectivity index is 2.80. The van der Waals surface area contributed by atoms with Gasteiger partial charge in [-0.25, -0.2) is 19.1 Å². The van der Waals surface area contributed by atoms with E-state index in [1.54, 1.807) is 0 Å². The molecule has 1 atom stereocenters. The molecule has 1 heterocycles. The van der Waals surface area contributed by atoms with Crippen LogP contribution in [0.25, 0.3) is 0 Å². The molecule has 72 valence electrons. The Morgan fingerprint density at radius 3 is 2.85 bits per heavy atom. The third-order valence-electron chi connectivity index (χ3n) is 1.24. The quantitative estimate of drug-likeness (QED) is 0.657. The molecule has 0 saturated carbocycles. The molecule has 6 nitrogen and oxygen atoms in total. The smallest absolute Gasteiger partial charge is 0.349 e. The number of halogens is 1. The maximum absolute atomic E-state index is 12.6. The molecule has 0 aliphatic heterocycles. The zero-order valence-electron chi connectivity index (χ0n) is 6.52. The minimum atomic E-state index is -2.12. The van der Waals surface area contributed by atoms with Crippen LogP contribution in [0.1, 0.15) is 0 Å². The second-order valence-corrected chi connectivity index (χ2v) is 3.16. The molecular weight excluding hydrogens is 201 g/mol. The minimum absolute atomic E-state index is 0.0000926. The van der Waals surface area contributed by atoms with Gasteiger partial charge >= 0.3 is 11.7 Å². The van der Waals surface area contributed by atoms with E-state index in [0.29, 0.717) is 11.8 Å². The number of hydrogen-bond donors (Lipinski definition) is 2. The van der Waals surface area contributed by atoms with Crippen LogP contribution in [-0.4, -0.2) is 31.3 Å². The van der Waals surface area contributed by atoms with Crippen LogP contribution in [0.3, 0.4) is 0 Å². The van der Waals surface area contributed by atoms with Gasteiger partial charge in [-0.15, -0.1) is 5.10 Å². The van der Waals surface area contributed by atoms with Crippen molar-refractivity contribution in [2.24, 2.45) is 7.05 Å². The predicted octanol–water partition coefficient (Wildman–Crippen LogP) is -0.419. The van der Waals surface area contributed by atoms with Gasteiger partial charge in [0.05, 0.1) is 0 Å². The molecule has 1 unspecified atom stereocenters. The first kappa shape index (κ1) is 9.78. The van der Waals surface area contributed by atoms with Crippen LogP contribution in [0.5, 0.6) is 0 Å². The first-order valence-electron chi connectivity index (χ1n) is 3.17. The van der Waals surface area contributed by atoms with Crippen molar-refractivity contribution in [1.82, 2.24) is 14.8 Å². The fourth-order valence-corrected chi connectivity index (χ4v) is 1.21.